The zero-order valence-corrected chi connectivity index (χ0v) is 22.0. The number of rotatable bonds is 8. The Labute approximate surface area is 211 Å². The summed E-state index contributed by atoms with van der Waals surface area (Å²) in [5.41, 5.74) is 2.83. The molecule has 186 valence electrons. The molecule has 2 aromatic rings. The van der Waals surface area contributed by atoms with E-state index >= 15 is 0 Å². The van der Waals surface area contributed by atoms with Crippen LogP contribution in [0.1, 0.15) is 37.9 Å². The Morgan fingerprint density at radius 3 is 2.54 bits per heavy atom. The zero-order chi connectivity index (χ0) is 25.2. The molecule has 7 nitrogen and oxygen atoms in total. The highest BCUT2D eigenvalue weighted by molar-refractivity contribution is 8.14. The predicted octanol–water partition coefficient (Wildman–Crippen LogP) is 4.53. The lowest BCUT2D eigenvalue weighted by Crippen LogP contribution is -2.45. The van der Waals surface area contributed by atoms with Crippen LogP contribution in [0.3, 0.4) is 0 Å². The van der Waals surface area contributed by atoms with E-state index in [1.54, 1.807) is 38.1 Å². The van der Waals surface area contributed by atoms with Crippen LogP contribution in [0.25, 0.3) is 0 Å². The molecule has 4 rings (SSSR count). The minimum Gasteiger partial charge on any atom is -0.494 e. The van der Waals surface area contributed by atoms with Gasteiger partial charge in [-0.2, -0.15) is 0 Å². The first-order valence-electron chi connectivity index (χ1n) is 11.6. The number of fused-ring (bicyclic) bond motifs is 1. The summed E-state index contributed by atoms with van der Waals surface area (Å²) in [6, 6.07) is 13.6. The number of sulfone groups is 1. The predicted molar refractivity (Wildman–Crippen MR) is 138 cm³/mol. The molecule has 1 fully saturated rings. The first-order valence-corrected chi connectivity index (χ1v) is 14.3. The lowest BCUT2D eigenvalue weighted by molar-refractivity contribution is -0.139. The fourth-order valence-electron chi connectivity index (χ4n) is 4.39. The maximum Gasteiger partial charge on any atom is 0.338 e. The van der Waals surface area contributed by atoms with Crippen LogP contribution >= 0.6 is 11.8 Å². The number of thioether (sulfide) groups is 1. The SMILES string of the molecule is CCOC(=O)C1=C(C)N=C2SCC(CS(=O)(=O)c3ccc(C)cc3)N2C1c1cccc(OCC)c1. The fraction of sp³-hybridized carbons (Fsp3) is 0.385. The second kappa shape index (κ2) is 10.5. The molecule has 0 spiro atoms. The van der Waals surface area contributed by atoms with E-state index in [1.807, 2.05) is 43.0 Å². The smallest absolute Gasteiger partial charge is 0.338 e. The Bertz CT molecular complexity index is 1270. The van der Waals surface area contributed by atoms with Gasteiger partial charge in [0.15, 0.2) is 15.0 Å². The maximum atomic E-state index is 13.3. The van der Waals surface area contributed by atoms with E-state index in [4.69, 9.17) is 9.47 Å². The summed E-state index contributed by atoms with van der Waals surface area (Å²) in [7, 11) is -3.56. The molecule has 2 heterocycles. The van der Waals surface area contributed by atoms with Gasteiger partial charge >= 0.3 is 5.97 Å². The van der Waals surface area contributed by atoms with Gasteiger partial charge in [-0.1, -0.05) is 41.6 Å². The molecule has 0 aromatic heterocycles. The van der Waals surface area contributed by atoms with Gasteiger partial charge in [0, 0.05) is 5.75 Å². The number of carbonyl (C=O) groups excluding carboxylic acids is 1. The number of carbonyl (C=O) groups is 1. The monoisotopic (exact) mass is 514 g/mol. The molecule has 0 aliphatic carbocycles. The van der Waals surface area contributed by atoms with Crippen LogP contribution in [0.5, 0.6) is 5.75 Å². The third kappa shape index (κ3) is 5.26. The van der Waals surface area contributed by atoms with Crippen molar-refractivity contribution in [2.24, 2.45) is 4.99 Å². The van der Waals surface area contributed by atoms with Crippen molar-refractivity contribution in [3.05, 3.63) is 70.9 Å². The van der Waals surface area contributed by atoms with Crippen LogP contribution in [-0.4, -0.2) is 55.2 Å². The van der Waals surface area contributed by atoms with Crippen LogP contribution in [0, 0.1) is 6.92 Å². The summed E-state index contributed by atoms with van der Waals surface area (Å²) in [5, 5.41) is 0.714. The van der Waals surface area contributed by atoms with E-state index in [1.165, 1.54) is 11.8 Å². The summed E-state index contributed by atoms with van der Waals surface area (Å²) in [6.07, 6.45) is 0. The first-order chi connectivity index (χ1) is 16.7. The summed E-state index contributed by atoms with van der Waals surface area (Å²) in [5.74, 6) is 0.704. The van der Waals surface area contributed by atoms with E-state index < -0.39 is 21.8 Å². The van der Waals surface area contributed by atoms with Crippen molar-refractivity contribution in [1.29, 1.82) is 0 Å². The van der Waals surface area contributed by atoms with Crippen LogP contribution in [0.2, 0.25) is 0 Å². The Morgan fingerprint density at radius 2 is 1.86 bits per heavy atom. The number of allylic oxidation sites excluding steroid dienone is 1. The van der Waals surface area contributed by atoms with Crippen molar-refractivity contribution < 1.29 is 22.7 Å². The zero-order valence-electron chi connectivity index (χ0n) is 20.4. The second-order valence-corrected chi connectivity index (χ2v) is 11.5. The Hall–Kier alpha value is -2.78. The van der Waals surface area contributed by atoms with E-state index in [2.05, 4.69) is 4.99 Å². The first kappa shape index (κ1) is 25.3. The molecule has 0 saturated carbocycles. The lowest BCUT2D eigenvalue weighted by Gasteiger charge is -2.38. The van der Waals surface area contributed by atoms with E-state index in [0.717, 1.165) is 11.1 Å². The third-order valence-electron chi connectivity index (χ3n) is 6.00. The fourth-order valence-corrected chi connectivity index (χ4v) is 7.30. The molecule has 2 aliphatic heterocycles. The van der Waals surface area contributed by atoms with Crippen molar-refractivity contribution in [3.63, 3.8) is 0 Å². The largest absolute Gasteiger partial charge is 0.494 e. The molecular weight excluding hydrogens is 484 g/mol. The van der Waals surface area contributed by atoms with Gasteiger partial charge in [0.05, 0.1) is 47.2 Å². The molecule has 1 saturated heterocycles. The number of aliphatic imine (C=N–C) groups is 1. The van der Waals surface area contributed by atoms with Crippen LogP contribution < -0.4 is 4.74 Å². The number of hydrogen-bond donors (Lipinski definition) is 0. The standard InChI is InChI=1S/C26H30N2O5S2/c1-5-32-21-9-7-8-19(14-21)24-23(25(29)33-6-2)18(4)27-26-28(24)20(15-34-26)16-35(30,31)22-12-10-17(3)11-13-22/h7-14,20,24H,5-6,15-16H2,1-4H3. The molecule has 2 unspecified atom stereocenters. The number of aryl methyl sites for hydroxylation is 1. The molecule has 0 amide bonds. The van der Waals surface area contributed by atoms with Gasteiger partial charge < -0.3 is 14.4 Å². The molecule has 35 heavy (non-hydrogen) atoms. The number of ether oxygens (including phenoxy) is 2. The van der Waals surface area contributed by atoms with Crippen LogP contribution in [0.4, 0.5) is 0 Å². The summed E-state index contributed by atoms with van der Waals surface area (Å²) in [6.45, 7) is 8.14. The number of amidine groups is 1. The molecule has 2 atom stereocenters. The van der Waals surface area contributed by atoms with Crippen molar-refractivity contribution in [3.8, 4) is 5.75 Å². The number of esters is 1. The molecule has 0 radical (unpaired) electrons. The second-order valence-electron chi connectivity index (χ2n) is 8.49. The van der Waals surface area contributed by atoms with Gasteiger partial charge in [-0.15, -0.1) is 0 Å². The molecule has 0 bridgehead atoms. The molecule has 0 N–H and O–H groups in total. The minimum atomic E-state index is -3.56. The molecule has 9 heteroatoms. The molecule has 2 aromatic carbocycles. The Kier molecular flexibility index (Phi) is 7.56. The average Bonchev–Trinajstić information content (AvgIpc) is 3.20. The third-order valence-corrected chi connectivity index (χ3v) is 8.92. The van der Waals surface area contributed by atoms with Gasteiger partial charge in [-0.3, -0.25) is 0 Å². The number of nitrogens with zero attached hydrogens (tertiary/aromatic N) is 2. The van der Waals surface area contributed by atoms with E-state index in [-0.39, 0.29) is 18.4 Å². The highest BCUT2D eigenvalue weighted by Crippen LogP contribution is 2.44. The Morgan fingerprint density at radius 1 is 1.11 bits per heavy atom. The van der Waals surface area contributed by atoms with E-state index in [9.17, 15) is 13.2 Å². The lowest BCUT2D eigenvalue weighted by atomic mass is 9.93. The minimum absolute atomic E-state index is 0.0844. The van der Waals surface area contributed by atoms with Crippen molar-refractivity contribution in [1.82, 2.24) is 4.90 Å². The van der Waals surface area contributed by atoms with Gasteiger partial charge in [-0.05, 0) is 57.5 Å². The highest BCUT2D eigenvalue weighted by Gasteiger charge is 2.45. The van der Waals surface area contributed by atoms with Crippen molar-refractivity contribution in [2.45, 2.75) is 44.7 Å². The molecular formula is C26H30N2O5S2. The average molecular weight is 515 g/mol. The van der Waals surface area contributed by atoms with Gasteiger partial charge in [0.25, 0.3) is 0 Å². The Balaban J connectivity index is 1.76. The molecule has 2 aliphatic rings. The number of hydrogen-bond acceptors (Lipinski definition) is 8. The topological polar surface area (TPSA) is 85.3 Å². The summed E-state index contributed by atoms with van der Waals surface area (Å²) in [4.78, 5) is 20.1. The van der Waals surface area contributed by atoms with Crippen LogP contribution in [0.15, 0.2) is 69.7 Å². The maximum absolute atomic E-state index is 13.3. The van der Waals surface area contributed by atoms with Gasteiger partial charge in [0.1, 0.15) is 5.75 Å². The summed E-state index contributed by atoms with van der Waals surface area (Å²) >= 11 is 1.51. The van der Waals surface area contributed by atoms with Crippen molar-refractivity contribution >= 4 is 32.7 Å². The van der Waals surface area contributed by atoms with E-state index in [0.29, 0.717) is 39.4 Å². The van der Waals surface area contributed by atoms with Crippen molar-refractivity contribution in [2.75, 3.05) is 24.7 Å². The quantitative estimate of drug-likeness (QED) is 0.479. The highest BCUT2D eigenvalue weighted by atomic mass is 32.2. The summed E-state index contributed by atoms with van der Waals surface area (Å²) < 4.78 is 37.8. The van der Waals surface area contributed by atoms with Crippen LogP contribution in [-0.2, 0) is 19.4 Å². The van der Waals surface area contributed by atoms with Gasteiger partial charge in [0.2, 0.25) is 0 Å². The normalized spacial score (nSPS) is 19.9. The van der Waals surface area contributed by atoms with Gasteiger partial charge in [-0.25, -0.2) is 18.2 Å². The number of benzene rings is 2.